The molecule has 3 heteroatoms. The van der Waals surface area contributed by atoms with E-state index in [0.717, 1.165) is 25.3 Å². The predicted octanol–water partition coefficient (Wildman–Crippen LogP) is 3.15. The molecule has 1 aliphatic heterocycles. The first-order valence-electron chi connectivity index (χ1n) is 8.33. The van der Waals surface area contributed by atoms with Crippen LogP contribution in [-0.2, 0) is 4.79 Å². The summed E-state index contributed by atoms with van der Waals surface area (Å²) >= 11 is 0. The number of benzene rings is 1. The van der Waals surface area contributed by atoms with Gasteiger partial charge in [-0.2, -0.15) is 0 Å². The highest BCUT2D eigenvalue weighted by Gasteiger charge is 2.53. The Hall–Kier alpha value is -1.35. The molecule has 21 heavy (non-hydrogen) atoms. The summed E-state index contributed by atoms with van der Waals surface area (Å²) < 4.78 is 0. The van der Waals surface area contributed by atoms with E-state index in [-0.39, 0.29) is 11.7 Å². The Morgan fingerprint density at radius 2 is 2.05 bits per heavy atom. The molecule has 0 radical (unpaired) electrons. The fraction of sp³-hybridized carbons (Fsp3) is 0.611. The van der Waals surface area contributed by atoms with Crippen LogP contribution in [0, 0.1) is 12.8 Å². The van der Waals surface area contributed by atoms with Crippen molar-refractivity contribution in [2.45, 2.75) is 57.2 Å². The molecule has 2 saturated carbocycles. The molecule has 1 aromatic carbocycles. The van der Waals surface area contributed by atoms with Crippen LogP contribution >= 0.6 is 0 Å². The number of carbonyl (C=O) groups is 1. The molecule has 4 rings (SSSR count). The third kappa shape index (κ3) is 2.28. The van der Waals surface area contributed by atoms with Crippen LogP contribution in [0.15, 0.2) is 24.3 Å². The quantitative estimate of drug-likeness (QED) is 0.924. The van der Waals surface area contributed by atoms with Gasteiger partial charge in [0.2, 0.25) is 5.91 Å². The Morgan fingerprint density at radius 3 is 2.71 bits per heavy atom. The Bertz CT molecular complexity index is 558. The van der Waals surface area contributed by atoms with Crippen LogP contribution in [0.1, 0.15) is 55.8 Å². The third-order valence-electron chi connectivity index (χ3n) is 5.36. The molecular formula is C18H24N2O. The molecule has 1 atom stereocenters. The smallest absolute Gasteiger partial charge is 0.244 e. The topological polar surface area (TPSA) is 32.3 Å². The maximum absolute atomic E-state index is 13.0. The van der Waals surface area contributed by atoms with Crippen molar-refractivity contribution in [3.05, 3.63) is 35.4 Å². The van der Waals surface area contributed by atoms with Gasteiger partial charge in [0.25, 0.3) is 0 Å². The first kappa shape index (κ1) is 13.3. The van der Waals surface area contributed by atoms with Gasteiger partial charge in [-0.15, -0.1) is 0 Å². The van der Waals surface area contributed by atoms with Gasteiger partial charge < -0.3 is 4.90 Å². The lowest BCUT2D eigenvalue weighted by Crippen LogP contribution is -2.44. The second-order valence-corrected chi connectivity index (χ2v) is 7.15. The zero-order valence-corrected chi connectivity index (χ0v) is 12.8. The van der Waals surface area contributed by atoms with Crippen LogP contribution in [0.25, 0.3) is 0 Å². The number of aryl methyl sites for hydroxylation is 1. The summed E-state index contributed by atoms with van der Waals surface area (Å²) in [5.74, 6) is 1.10. The Labute approximate surface area is 126 Å². The number of amides is 1. The monoisotopic (exact) mass is 284 g/mol. The molecule has 112 valence electrons. The Morgan fingerprint density at radius 1 is 1.29 bits per heavy atom. The first-order chi connectivity index (χ1) is 10.2. The maximum Gasteiger partial charge on any atom is 0.244 e. The van der Waals surface area contributed by atoms with Crippen LogP contribution < -0.4 is 5.32 Å². The van der Waals surface area contributed by atoms with Crippen molar-refractivity contribution in [3.63, 3.8) is 0 Å². The number of hydrogen-bond donors (Lipinski definition) is 1. The minimum absolute atomic E-state index is 0.0797. The summed E-state index contributed by atoms with van der Waals surface area (Å²) in [5, 5.41) is 3.72. The molecular weight excluding hydrogens is 260 g/mol. The predicted molar refractivity (Wildman–Crippen MR) is 82.7 cm³/mol. The highest BCUT2D eigenvalue weighted by molar-refractivity contribution is 5.89. The van der Waals surface area contributed by atoms with Crippen LogP contribution in [0.3, 0.4) is 0 Å². The molecule has 1 saturated heterocycles. The largest absolute Gasteiger partial charge is 0.321 e. The molecule has 1 heterocycles. The summed E-state index contributed by atoms with van der Waals surface area (Å²) in [7, 11) is 0. The number of hydrogen-bond acceptors (Lipinski definition) is 2. The summed E-state index contributed by atoms with van der Waals surface area (Å²) in [5.41, 5.74) is 2.25. The van der Waals surface area contributed by atoms with Gasteiger partial charge in [0.15, 0.2) is 0 Å². The van der Waals surface area contributed by atoms with Gasteiger partial charge in [0.05, 0.1) is 5.54 Å². The van der Waals surface area contributed by atoms with Gasteiger partial charge in [0.1, 0.15) is 6.17 Å². The third-order valence-corrected chi connectivity index (χ3v) is 5.36. The van der Waals surface area contributed by atoms with Gasteiger partial charge in [-0.25, -0.2) is 0 Å². The minimum atomic E-state index is -0.261. The highest BCUT2D eigenvalue weighted by atomic mass is 16.2. The van der Waals surface area contributed by atoms with Crippen LogP contribution in [-0.4, -0.2) is 22.9 Å². The van der Waals surface area contributed by atoms with Gasteiger partial charge in [-0.1, -0.05) is 42.7 Å². The van der Waals surface area contributed by atoms with E-state index in [1.165, 1.54) is 36.8 Å². The van der Waals surface area contributed by atoms with Gasteiger partial charge in [0, 0.05) is 6.54 Å². The van der Waals surface area contributed by atoms with E-state index < -0.39 is 0 Å². The van der Waals surface area contributed by atoms with Crippen molar-refractivity contribution >= 4 is 5.91 Å². The molecule has 3 fully saturated rings. The van der Waals surface area contributed by atoms with Crippen molar-refractivity contribution < 1.29 is 4.79 Å². The first-order valence-corrected chi connectivity index (χ1v) is 8.33. The van der Waals surface area contributed by atoms with E-state index in [1.807, 2.05) is 0 Å². The second-order valence-electron chi connectivity index (χ2n) is 7.15. The summed E-state index contributed by atoms with van der Waals surface area (Å²) in [6.45, 7) is 3.06. The SMILES string of the molecule is Cc1cccc(C2NC3(CCCC3)C(=O)N2CC2CC2)c1. The highest BCUT2D eigenvalue weighted by Crippen LogP contribution is 2.43. The number of carbonyl (C=O) groups excluding carboxylic acids is 1. The molecule has 0 aromatic heterocycles. The summed E-state index contributed by atoms with van der Waals surface area (Å²) in [6.07, 6.45) is 7.03. The van der Waals surface area contributed by atoms with Gasteiger partial charge in [-0.05, 0) is 44.1 Å². The molecule has 1 spiro atoms. The molecule has 3 nitrogen and oxygen atoms in total. The van der Waals surface area contributed by atoms with Gasteiger partial charge >= 0.3 is 0 Å². The second kappa shape index (κ2) is 4.84. The number of nitrogens with zero attached hydrogens (tertiary/aromatic N) is 1. The standard InChI is InChI=1S/C18H24N2O/c1-13-5-4-6-15(11-13)16-19-18(9-2-3-10-18)17(21)20(16)12-14-7-8-14/h4-6,11,14,16,19H,2-3,7-10,12H2,1H3. The average Bonchev–Trinajstić information content (AvgIpc) is 3.10. The molecule has 1 N–H and O–H groups in total. The molecule has 1 aromatic rings. The van der Waals surface area contributed by atoms with E-state index in [0.29, 0.717) is 5.91 Å². The fourth-order valence-electron chi connectivity index (χ4n) is 4.00. The lowest BCUT2D eigenvalue weighted by atomic mass is 9.98. The van der Waals surface area contributed by atoms with E-state index >= 15 is 0 Å². The molecule has 3 aliphatic rings. The fourth-order valence-corrected chi connectivity index (χ4v) is 4.00. The zero-order chi connectivity index (χ0) is 14.4. The van der Waals surface area contributed by atoms with E-state index in [1.54, 1.807) is 0 Å². The van der Waals surface area contributed by atoms with Crippen molar-refractivity contribution in [1.82, 2.24) is 10.2 Å². The molecule has 1 amide bonds. The molecule has 1 unspecified atom stereocenters. The van der Waals surface area contributed by atoms with E-state index in [9.17, 15) is 4.79 Å². The van der Waals surface area contributed by atoms with Crippen molar-refractivity contribution in [2.24, 2.45) is 5.92 Å². The lowest BCUT2D eigenvalue weighted by molar-refractivity contribution is -0.133. The van der Waals surface area contributed by atoms with Crippen LogP contribution in [0.4, 0.5) is 0 Å². The zero-order valence-electron chi connectivity index (χ0n) is 12.8. The van der Waals surface area contributed by atoms with Crippen molar-refractivity contribution in [2.75, 3.05) is 6.54 Å². The Balaban J connectivity index is 1.67. The van der Waals surface area contributed by atoms with E-state index in [4.69, 9.17) is 0 Å². The number of nitrogens with one attached hydrogen (secondary N) is 1. The lowest BCUT2D eigenvalue weighted by Gasteiger charge is -2.24. The number of rotatable bonds is 3. The molecule has 0 bridgehead atoms. The maximum atomic E-state index is 13.0. The van der Waals surface area contributed by atoms with Crippen LogP contribution in [0.5, 0.6) is 0 Å². The summed E-state index contributed by atoms with van der Waals surface area (Å²) in [6, 6.07) is 8.60. The average molecular weight is 284 g/mol. The van der Waals surface area contributed by atoms with Crippen molar-refractivity contribution in [1.29, 1.82) is 0 Å². The Kier molecular flexibility index (Phi) is 3.07. The normalized spacial score (nSPS) is 27.8. The van der Waals surface area contributed by atoms with Crippen molar-refractivity contribution in [3.8, 4) is 0 Å². The summed E-state index contributed by atoms with van der Waals surface area (Å²) in [4.78, 5) is 15.2. The molecule has 2 aliphatic carbocycles. The van der Waals surface area contributed by atoms with Crippen LogP contribution in [0.2, 0.25) is 0 Å². The van der Waals surface area contributed by atoms with E-state index in [2.05, 4.69) is 41.4 Å². The minimum Gasteiger partial charge on any atom is -0.321 e. The van der Waals surface area contributed by atoms with Gasteiger partial charge in [-0.3, -0.25) is 10.1 Å².